The summed E-state index contributed by atoms with van der Waals surface area (Å²) in [5.74, 6) is 0.474. The quantitative estimate of drug-likeness (QED) is 0.848. The molecule has 0 radical (unpaired) electrons. The van der Waals surface area contributed by atoms with Crippen LogP contribution in [0.25, 0.3) is 0 Å². The first kappa shape index (κ1) is 14.1. The molecule has 3 nitrogen and oxygen atoms in total. The Balaban J connectivity index is 1.98. The summed E-state index contributed by atoms with van der Waals surface area (Å²) in [5.41, 5.74) is 7.28. The molecule has 104 valence electrons. The highest BCUT2D eigenvalue weighted by Crippen LogP contribution is 2.44. The molecule has 0 atom stereocenters. The van der Waals surface area contributed by atoms with Crippen molar-refractivity contribution < 1.29 is 9.53 Å². The molecule has 0 spiro atoms. The van der Waals surface area contributed by atoms with Crippen LogP contribution in [0.2, 0.25) is 0 Å². The molecule has 0 saturated heterocycles. The Kier molecular flexibility index (Phi) is 4.59. The smallest absolute Gasteiger partial charge is 0.306 e. The lowest BCUT2D eigenvalue weighted by Crippen LogP contribution is -2.36. The van der Waals surface area contributed by atoms with Gasteiger partial charge >= 0.3 is 5.97 Å². The van der Waals surface area contributed by atoms with E-state index in [9.17, 15) is 4.79 Å². The molecule has 2 rings (SSSR count). The molecule has 0 amide bonds. The van der Waals surface area contributed by atoms with Crippen molar-refractivity contribution in [3.05, 3.63) is 35.9 Å². The van der Waals surface area contributed by atoms with Crippen molar-refractivity contribution in [1.82, 2.24) is 0 Å². The second kappa shape index (κ2) is 6.20. The maximum absolute atomic E-state index is 11.5. The first-order valence-corrected chi connectivity index (χ1v) is 7.01. The van der Waals surface area contributed by atoms with Gasteiger partial charge in [-0.1, -0.05) is 30.3 Å². The van der Waals surface area contributed by atoms with E-state index in [-0.39, 0.29) is 11.4 Å². The van der Waals surface area contributed by atoms with Crippen molar-refractivity contribution in [3.8, 4) is 0 Å². The predicted molar refractivity (Wildman–Crippen MR) is 75.8 cm³/mol. The molecule has 0 aliphatic heterocycles. The fraction of sp³-hybridized carbons (Fsp3) is 0.562. The highest BCUT2D eigenvalue weighted by Gasteiger charge is 2.36. The van der Waals surface area contributed by atoms with Gasteiger partial charge < -0.3 is 10.5 Å². The van der Waals surface area contributed by atoms with Crippen LogP contribution in [0.15, 0.2) is 30.3 Å². The van der Waals surface area contributed by atoms with Gasteiger partial charge in [-0.3, -0.25) is 4.79 Å². The van der Waals surface area contributed by atoms with Gasteiger partial charge in [-0.15, -0.1) is 0 Å². The Labute approximate surface area is 115 Å². The normalized spacial score (nSPS) is 26.9. The molecule has 1 aliphatic carbocycles. The van der Waals surface area contributed by atoms with Crippen LogP contribution in [-0.4, -0.2) is 19.6 Å². The minimum absolute atomic E-state index is 0.0433. The van der Waals surface area contributed by atoms with Gasteiger partial charge in [-0.2, -0.15) is 0 Å². The third-order valence-electron chi connectivity index (χ3n) is 4.50. The van der Waals surface area contributed by atoms with Crippen LogP contribution in [0.3, 0.4) is 0 Å². The Bertz CT molecular complexity index is 408. The Morgan fingerprint density at radius 3 is 2.47 bits per heavy atom. The summed E-state index contributed by atoms with van der Waals surface area (Å²) in [7, 11) is 1.45. The summed E-state index contributed by atoms with van der Waals surface area (Å²) in [6, 6.07) is 10.6. The number of esters is 1. The average molecular weight is 261 g/mol. The van der Waals surface area contributed by atoms with Gasteiger partial charge in [0.05, 0.1) is 13.5 Å². The maximum Gasteiger partial charge on any atom is 0.306 e. The average Bonchev–Trinajstić information content (AvgIpc) is 2.48. The molecule has 1 aromatic rings. The number of carbonyl (C=O) groups is 1. The zero-order valence-electron chi connectivity index (χ0n) is 11.6. The number of nitrogens with two attached hydrogens (primary N) is 1. The largest absolute Gasteiger partial charge is 0.469 e. The van der Waals surface area contributed by atoms with Crippen LogP contribution in [-0.2, 0) is 9.53 Å². The van der Waals surface area contributed by atoms with E-state index in [0.717, 1.165) is 25.7 Å². The summed E-state index contributed by atoms with van der Waals surface area (Å²) in [6.45, 7) is 0.573. The summed E-state index contributed by atoms with van der Waals surface area (Å²) < 4.78 is 4.80. The fourth-order valence-electron chi connectivity index (χ4n) is 3.12. The first-order chi connectivity index (χ1) is 9.19. The van der Waals surface area contributed by atoms with E-state index < -0.39 is 0 Å². The molecule has 2 N–H and O–H groups in total. The van der Waals surface area contributed by atoms with E-state index in [2.05, 4.69) is 24.3 Å². The van der Waals surface area contributed by atoms with E-state index in [1.54, 1.807) is 0 Å². The number of benzene rings is 1. The van der Waals surface area contributed by atoms with E-state index in [1.165, 1.54) is 12.7 Å². The summed E-state index contributed by atoms with van der Waals surface area (Å²) in [5, 5.41) is 0. The standard InChI is InChI=1S/C16H23NO2/c1-19-15(18)11-16(12-17)9-7-14(8-10-16)13-5-3-2-4-6-13/h2-6,14H,7-12,17H2,1H3. The van der Waals surface area contributed by atoms with Gasteiger partial charge in [-0.25, -0.2) is 0 Å². The fourth-order valence-corrected chi connectivity index (χ4v) is 3.12. The van der Waals surface area contributed by atoms with Crippen molar-refractivity contribution in [2.75, 3.05) is 13.7 Å². The molecule has 1 aromatic carbocycles. The zero-order valence-corrected chi connectivity index (χ0v) is 11.6. The number of hydrogen-bond acceptors (Lipinski definition) is 3. The lowest BCUT2D eigenvalue weighted by atomic mass is 9.67. The molecule has 0 bridgehead atoms. The molecule has 3 heteroatoms. The second-order valence-corrected chi connectivity index (χ2v) is 5.64. The predicted octanol–water partition coefficient (Wildman–Crippen LogP) is 2.85. The topological polar surface area (TPSA) is 52.3 Å². The summed E-state index contributed by atoms with van der Waals surface area (Å²) in [6.07, 6.45) is 4.70. The van der Waals surface area contributed by atoms with Crippen molar-refractivity contribution >= 4 is 5.97 Å². The number of rotatable bonds is 4. The minimum atomic E-state index is -0.136. The van der Waals surface area contributed by atoms with Crippen LogP contribution < -0.4 is 5.73 Å². The molecular weight excluding hydrogens is 238 g/mol. The van der Waals surface area contributed by atoms with Gasteiger partial charge in [0.2, 0.25) is 0 Å². The monoisotopic (exact) mass is 261 g/mol. The highest BCUT2D eigenvalue weighted by molar-refractivity contribution is 5.70. The van der Waals surface area contributed by atoms with Crippen molar-refractivity contribution in [3.63, 3.8) is 0 Å². The van der Waals surface area contributed by atoms with E-state index in [4.69, 9.17) is 10.5 Å². The summed E-state index contributed by atoms with van der Waals surface area (Å²) in [4.78, 5) is 11.5. The third kappa shape index (κ3) is 3.35. The second-order valence-electron chi connectivity index (χ2n) is 5.64. The molecule has 19 heavy (non-hydrogen) atoms. The molecular formula is C16H23NO2. The van der Waals surface area contributed by atoms with Crippen LogP contribution in [0.1, 0.15) is 43.6 Å². The van der Waals surface area contributed by atoms with Crippen molar-refractivity contribution in [1.29, 1.82) is 0 Å². The van der Waals surface area contributed by atoms with Gasteiger partial charge in [0.25, 0.3) is 0 Å². The minimum Gasteiger partial charge on any atom is -0.469 e. The van der Waals surface area contributed by atoms with Crippen LogP contribution in [0.5, 0.6) is 0 Å². The molecule has 1 aliphatic rings. The number of carbonyl (C=O) groups excluding carboxylic acids is 1. The highest BCUT2D eigenvalue weighted by atomic mass is 16.5. The van der Waals surface area contributed by atoms with Crippen molar-refractivity contribution in [2.45, 2.75) is 38.0 Å². The molecule has 0 unspecified atom stereocenters. The van der Waals surface area contributed by atoms with E-state index in [1.807, 2.05) is 6.07 Å². The molecule has 1 fully saturated rings. The number of ether oxygens (including phenoxy) is 1. The van der Waals surface area contributed by atoms with Crippen LogP contribution in [0, 0.1) is 5.41 Å². The van der Waals surface area contributed by atoms with Crippen LogP contribution in [0.4, 0.5) is 0 Å². The van der Waals surface area contributed by atoms with Gasteiger partial charge in [0.15, 0.2) is 0 Å². The molecule has 0 aromatic heterocycles. The third-order valence-corrected chi connectivity index (χ3v) is 4.50. The van der Waals surface area contributed by atoms with Gasteiger partial charge in [-0.05, 0) is 49.1 Å². The SMILES string of the molecule is COC(=O)CC1(CN)CCC(c2ccccc2)CC1. The number of methoxy groups -OCH3 is 1. The number of hydrogen-bond donors (Lipinski definition) is 1. The van der Waals surface area contributed by atoms with E-state index >= 15 is 0 Å². The zero-order chi connectivity index (χ0) is 13.7. The lowest BCUT2D eigenvalue weighted by molar-refractivity contribution is -0.143. The van der Waals surface area contributed by atoms with Gasteiger partial charge in [0.1, 0.15) is 0 Å². The van der Waals surface area contributed by atoms with Gasteiger partial charge in [0, 0.05) is 0 Å². The Morgan fingerprint density at radius 1 is 1.32 bits per heavy atom. The molecule has 1 saturated carbocycles. The van der Waals surface area contributed by atoms with Crippen LogP contribution >= 0.6 is 0 Å². The maximum atomic E-state index is 11.5. The first-order valence-electron chi connectivity index (χ1n) is 7.01. The Morgan fingerprint density at radius 2 is 1.95 bits per heavy atom. The lowest BCUT2D eigenvalue weighted by Gasteiger charge is -2.38. The van der Waals surface area contributed by atoms with E-state index in [0.29, 0.717) is 18.9 Å². The summed E-state index contributed by atoms with van der Waals surface area (Å²) >= 11 is 0. The van der Waals surface area contributed by atoms with Crippen molar-refractivity contribution in [2.24, 2.45) is 11.1 Å². The Hall–Kier alpha value is -1.35. The molecule has 0 heterocycles.